The first-order valence-electron chi connectivity index (χ1n) is 10.6. The predicted molar refractivity (Wildman–Crippen MR) is 121 cm³/mol. The largest absolute Gasteiger partial charge is 0.453 e. The predicted octanol–water partition coefficient (Wildman–Crippen LogP) is 6.66. The van der Waals surface area contributed by atoms with Crippen LogP contribution in [0.5, 0.6) is 23.0 Å². The van der Waals surface area contributed by atoms with Crippen molar-refractivity contribution in [3.05, 3.63) is 59.7 Å². The van der Waals surface area contributed by atoms with Crippen LogP contribution in [-0.2, 0) is 9.59 Å². The molecule has 5 heteroatoms. The lowest BCUT2D eigenvalue weighted by atomic mass is 10.0. The molecule has 0 fully saturated rings. The van der Waals surface area contributed by atoms with E-state index in [-0.39, 0.29) is 11.9 Å². The highest BCUT2D eigenvalue weighted by atomic mass is 16.6. The second-order valence-electron chi connectivity index (χ2n) is 7.61. The molecule has 3 rings (SSSR count). The molecule has 3 aromatic rings. The molecule has 0 amide bonds. The van der Waals surface area contributed by atoms with Gasteiger partial charge in [0.25, 0.3) is 0 Å². The Bertz CT molecular complexity index is 1080. The Hall–Kier alpha value is -3.34. The minimum absolute atomic E-state index is 0.296. The van der Waals surface area contributed by atoms with Crippen molar-refractivity contribution in [2.75, 3.05) is 0 Å². The lowest BCUT2D eigenvalue weighted by Gasteiger charge is -2.17. The van der Waals surface area contributed by atoms with Gasteiger partial charge in [-0.3, -0.25) is 9.59 Å². The van der Waals surface area contributed by atoms with Crippen molar-refractivity contribution in [2.24, 2.45) is 0 Å². The van der Waals surface area contributed by atoms with Crippen LogP contribution in [0.4, 0.5) is 0 Å². The lowest BCUT2D eigenvalue weighted by molar-refractivity contribution is -0.135. The Morgan fingerprint density at radius 2 is 1.32 bits per heavy atom. The van der Waals surface area contributed by atoms with E-state index in [4.69, 9.17) is 14.2 Å². The summed E-state index contributed by atoms with van der Waals surface area (Å²) in [6, 6.07) is 14.9. The Balaban J connectivity index is 2.16. The van der Waals surface area contributed by atoms with Crippen LogP contribution in [0.3, 0.4) is 0 Å². The van der Waals surface area contributed by atoms with Crippen molar-refractivity contribution in [2.45, 2.75) is 53.4 Å². The molecule has 0 spiro atoms. The standard InChI is InChI=1S/C26H28O5/c1-5-7-24(27)30-22-16-23(29-19-12-9-17(3)10-13-19)26(31-25(28)8-6-2)20-14-11-18(4)15-21(20)22/h9-16H,5-8H2,1-4H3. The van der Waals surface area contributed by atoms with Gasteiger partial charge in [0, 0.05) is 29.7 Å². The van der Waals surface area contributed by atoms with E-state index in [9.17, 15) is 9.59 Å². The smallest absolute Gasteiger partial charge is 0.311 e. The van der Waals surface area contributed by atoms with Gasteiger partial charge in [-0.15, -0.1) is 0 Å². The summed E-state index contributed by atoms with van der Waals surface area (Å²) < 4.78 is 17.5. The Morgan fingerprint density at radius 3 is 1.97 bits per heavy atom. The monoisotopic (exact) mass is 420 g/mol. The topological polar surface area (TPSA) is 61.8 Å². The van der Waals surface area contributed by atoms with Crippen molar-refractivity contribution in [3.8, 4) is 23.0 Å². The zero-order valence-electron chi connectivity index (χ0n) is 18.5. The fraction of sp³-hybridized carbons (Fsp3) is 0.308. The highest BCUT2D eigenvalue weighted by Crippen LogP contribution is 2.44. The summed E-state index contributed by atoms with van der Waals surface area (Å²) in [6.45, 7) is 7.79. The van der Waals surface area contributed by atoms with Crippen LogP contribution in [0.2, 0.25) is 0 Å². The van der Waals surface area contributed by atoms with Crippen molar-refractivity contribution < 1.29 is 23.8 Å². The second kappa shape index (κ2) is 10.1. The highest BCUT2D eigenvalue weighted by molar-refractivity contribution is 5.98. The van der Waals surface area contributed by atoms with Crippen LogP contribution < -0.4 is 14.2 Å². The van der Waals surface area contributed by atoms with E-state index in [1.54, 1.807) is 6.07 Å². The van der Waals surface area contributed by atoms with Crippen molar-refractivity contribution in [1.82, 2.24) is 0 Å². The van der Waals surface area contributed by atoms with Gasteiger partial charge in [-0.2, -0.15) is 0 Å². The fourth-order valence-electron chi connectivity index (χ4n) is 3.20. The van der Waals surface area contributed by atoms with E-state index in [1.807, 2.05) is 70.2 Å². The van der Waals surface area contributed by atoms with Crippen LogP contribution in [0.1, 0.15) is 50.7 Å². The van der Waals surface area contributed by atoms with Crippen LogP contribution in [0.25, 0.3) is 10.8 Å². The van der Waals surface area contributed by atoms with Gasteiger partial charge >= 0.3 is 11.9 Å². The van der Waals surface area contributed by atoms with Crippen molar-refractivity contribution >= 4 is 22.7 Å². The first-order valence-corrected chi connectivity index (χ1v) is 10.6. The fourth-order valence-corrected chi connectivity index (χ4v) is 3.20. The van der Waals surface area contributed by atoms with Gasteiger partial charge in [0.1, 0.15) is 11.5 Å². The minimum Gasteiger partial charge on any atom is -0.453 e. The minimum atomic E-state index is -0.339. The summed E-state index contributed by atoms with van der Waals surface area (Å²) in [5.74, 6) is 0.967. The molecule has 0 aromatic heterocycles. The van der Waals surface area contributed by atoms with E-state index >= 15 is 0 Å². The van der Waals surface area contributed by atoms with Crippen LogP contribution in [0, 0.1) is 13.8 Å². The van der Waals surface area contributed by atoms with E-state index < -0.39 is 0 Å². The molecule has 5 nitrogen and oxygen atoms in total. The maximum Gasteiger partial charge on any atom is 0.311 e. The van der Waals surface area contributed by atoms with E-state index in [0.717, 1.165) is 11.1 Å². The third kappa shape index (κ3) is 5.63. The van der Waals surface area contributed by atoms with Crippen LogP contribution in [0.15, 0.2) is 48.5 Å². The van der Waals surface area contributed by atoms with Gasteiger partial charge in [0.2, 0.25) is 0 Å². The molecule has 31 heavy (non-hydrogen) atoms. The number of benzene rings is 3. The molecule has 0 aliphatic carbocycles. The molecule has 3 aromatic carbocycles. The van der Waals surface area contributed by atoms with Gasteiger partial charge in [0.15, 0.2) is 11.5 Å². The normalized spacial score (nSPS) is 10.7. The number of esters is 2. The molecule has 0 N–H and O–H groups in total. The molecule has 0 bridgehead atoms. The summed E-state index contributed by atoms with van der Waals surface area (Å²) in [6.07, 6.45) is 1.98. The molecule has 0 atom stereocenters. The number of carbonyl (C=O) groups is 2. The van der Waals surface area contributed by atoms with Crippen molar-refractivity contribution in [3.63, 3.8) is 0 Å². The molecule has 0 aliphatic heterocycles. The number of aryl methyl sites for hydroxylation is 2. The average molecular weight is 421 g/mol. The molecule has 0 aliphatic rings. The zero-order valence-corrected chi connectivity index (χ0v) is 18.5. The van der Waals surface area contributed by atoms with Gasteiger partial charge in [-0.25, -0.2) is 0 Å². The van der Waals surface area contributed by atoms with Gasteiger partial charge < -0.3 is 14.2 Å². The summed E-state index contributed by atoms with van der Waals surface area (Å²) in [5, 5.41) is 1.35. The Labute approximate surface area is 182 Å². The lowest BCUT2D eigenvalue weighted by Crippen LogP contribution is -2.10. The number of carbonyl (C=O) groups excluding carboxylic acids is 2. The van der Waals surface area contributed by atoms with Crippen molar-refractivity contribution in [1.29, 1.82) is 0 Å². The SMILES string of the molecule is CCCC(=O)Oc1cc(Oc2ccc(C)cc2)c(OC(=O)CCC)c2ccc(C)cc12. The van der Waals surface area contributed by atoms with Crippen LogP contribution in [-0.4, -0.2) is 11.9 Å². The average Bonchev–Trinajstić information content (AvgIpc) is 2.72. The number of ether oxygens (including phenoxy) is 3. The number of hydrogen-bond donors (Lipinski definition) is 0. The zero-order chi connectivity index (χ0) is 22.4. The molecule has 0 unspecified atom stereocenters. The number of rotatable bonds is 8. The van der Waals surface area contributed by atoms with E-state index in [0.29, 0.717) is 59.5 Å². The maximum absolute atomic E-state index is 12.4. The molecular formula is C26H28O5. The number of hydrogen-bond acceptors (Lipinski definition) is 5. The summed E-state index contributed by atoms with van der Waals surface area (Å²) in [7, 11) is 0. The first kappa shape index (κ1) is 22.3. The summed E-state index contributed by atoms with van der Waals surface area (Å²) in [5.41, 5.74) is 2.10. The molecular weight excluding hydrogens is 392 g/mol. The molecule has 0 saturated heterocycles. The van der Waals surface area contributed by atoms with E-state index in [2.05, 4.69) is 0 Å². The quantitative estimate of drug-likeness (QED) is 0.301. The highest BCUT2D eigenvalue weighted by Gasteiger charge is 2.20. The molecule has 0 saturated carbocycles. The third-order valence-corrected chi connectivity index (χ3v) is 4.77. The maximum atomic E-state index is 12.4. The van der Waals surface area contributed by atoms with Gasteiger partial charge in [-0.05, 0) is 44.9 Å². The Kier molecular flexibility index (Phi) is 7.29. The third-order valence-electron chi connectivity index (χ3n) is 4.77. The summed E-state index contributed by atoms with van der Waals surface area (Å²) in [4.78, 5) is 24.6. The Morgan fingerprint density at radius 1 is 0.710 bits per heavy atom. The molecule has 162 valence electrons. The van der Waals surface area contributed by atoms with Crippen LogP contribution >= 0.6 is 0 Å². The molecule has 0 heterocycles. The summed E-state index contributed by atoms with van der Waals surface area (Å²) >= 11 is 0. The van der Waals surface area contributed by atoms with Gasteiger partial charge in [0.05, 0.1) is 0 Å². The molecule has 0 radical (unpaired) electrons. The second-order valence-corrected chi connectivity index (χ2v) is 7.61. The first-order chi connectivity index (χ1) is 14.9. The van der Waals surface area contributed by atoms with E-state index in [1.165, 1.54) is 0 Å². The number of fused-ring (bicyclic) bond motifs is 1. The van der Waals surface area contributed by atoms with Gasteiger partial charge in [-0.1, -0.05) is 49.2 Å².